The number of nitrogens with zero attached hydrogens (tertiary/aromatic N) is 1. The second-order valence-electron chi connectivity index (χ2n) is 6.66. The third kappa shape index (κ3) is 3.79. The topological polar surface area (TPSA) is 68.0 Å². The molecule has 0 spiro atoms. The van der Waals surface area contributed by atoms with Crippen LogP contribution in [0.25, 0.3) is 0 Å². The second-order valence-corrected chi connectivity index (χ2v) is 7.52. The quantitative estimate of drug-likeness (QED) is 0.897. The van der Waals surface area contributed by atoms with E-state index in [0.29, 0.717) is 6.04 Å². The lowest BCUT2D eigenvalue weighted by molar-refractivity contribution is -0.120. The molecule has 1 aliphatic rings. The van der Waals surface area contributed by atoms with Gasteiger partial charge in [-0.1, -0.05) is 40.0 Å². The Morgan fingerprint density at radius 2 is 2.05 bits per heavy atom. The van der Waals surface area contributed by atoms with Crippen LogP contribution in [0.2, 0.25) is 0 Å². The van der Waals surface area contributed by atoms with Crippen molar-refractivity contribution >= 4 is 17.2 Å². The monoisotopic (exact) mass is 295 g/mol. The SMILES string of the molecule is CC(C)(C)c1nc(C(NC2CCCCC2)C(N)=O)cs1. The van der Waals surface area contributed by atoms with E-state index in [0.717, 1.165) is 23.5 Å². The van der Waals surface area contributed by atoms with E-state index in [1.807, 2.05) is 5.38 Å². The Hall–Kier alpha value is -0.940. The summed E-state index contributed by atoms with van der Waals surface area (Å²) in [5, 5.41) is 6.42. The molecule has 1 aliphatic carbocycles. The van der Waals surface area contributed by atoms with Crippen LogP contribution in [0, 0.1) is 0 Å². The molecule has 0 aliphatic heterocycles. The van der Waals surface area contributed by atoms with Crippen LogP contribution in [-0.4, -0.2) is 16.9 Å². The van der Waals surface area contributed by atoms with E-state index in [1.54, 1.807) is 11.3 Å². The lowest BCUT2D eigenvalue weighted by Gasteiger charge is -2.26. The summed E-state index contributed by atoms with van der Waals surface area (Å²) in [5.74, 6) is -0.332. The molecule has 3 N–H and O–H groups in total. The maximum Gasteiger partial charge on any atom is 0.240 e. The van der Waals surface area contributed by atoms with Crippen molar-refractivity contribution < 1.29 is 4.79 Å². The molecule has 1 atom stereocenters. The fourth-order valence-corrected chi connectivity index (χ4v) is 3.51. The molecule has 112 valence electrons. The smallest absolute Gasteiger partial charge is 0.240 e. The highest BCUT2D eigenvalue weighted by atomic mass is 32.1. The number of nitrogens with two attached hydrogens (primary N) is 1. The number of hydrogen-bond donors (Lipinski definition) is 2. The normalized spacial score (nSPS) is 18.9. The largest absolute Gasteiger partial charge is 0.368 e. The molecule has 1 unspecified atom stereocenters. The Morgan fingerprint density at radius 1 is 1.40 bits per heavy atom. The second kappa shape index (κ2) is 6.22. The van der Waals surface area contributed by atoms with Gasteiger partial charge in [-0.3, -0.25) is 10.1 Å². The molecule has 0 saturated heterocycles. The minimum absolute atomic E-state index is 0.00987. The zero-order valence-electron chi connectivity index (χ0n) is 12.6. The number of aromatic nitrogens is 1. The summed E-state index contributed by atoms with van der Waals surface area (Å²) in [5.41, 5.74) is 6.35. The van der Waals surface area contributed by atoms with Gasteiger partial charge in [0.05, 0.1) is 10.7 Å². The predicted molar refractivity (Wildman–Crippen MR) is 82.8 cm³/mol. The van der Waals surface area contributed by atoms with Gasteiger partial charge in [0.2, 0.25) is 5.91 Å². The summed E-state index contributed by atoms with van der Waals surface area (Å²) in [6.45, 7) is 6.39. The van der Waals surface area contributed by atoms with E-state index in [9.17, 15) is 4.79 Å². The van der Waals surface area contributed by atoms with Crippen molar-refractivity contribution in [3.63, 3.8) is 0 Å². The first kappa shape index (κ1) is 15.4. The van der Waals surface area contributed by atoms with Crippen LogP contribution in [-0.2, 0) is 10.2 Å². The van der Waals surface area contributed by atoms with Crippen LogP contribution in [0.5, 0.6) is 0 Å². The van der Waals surface area contributed by atoms with Gasteiger partial charge < -0.3 is 5.73 Å². The number of amides is 1. The standard InChI is InChI=1S/C15H25N3OS/c1-15(2,3)14-18-11(9-20-14)12(13(16)19)17-10-7-5-4-6-8-10/h9-10,12,17H,4-8H2,1-3H3,(H2,16,19). The van der Waals surface area contributed by atoms with Gasteiger partial charge in [-0.25, -0.2) is 4.98 Å². The maximum atomic E-state index is 11.8. The van der Waals surface area contributed by atoms with Gasteiger partial charge in [0.25, 0.3) is 0 Å². The van der Waals surface area contributed by atoms with Crippen LogP contribution in [0.3, 0.4) is 0 Å². The van der Waals surface area contributed by atoms with Crippen LogP contribution in [0.1, 0.15) is 69.6 Å². The summed E-state index contributed by atoms with van der Waals surface area (Å²) in [4.78, 5) is 16.4. The van der Waals surface area contributed by atoms with Crippen LogP contribution in [0.15, 0.2) is 5.38 Å². The first-order valence-corrected chi connectivity index (χ1v) is 8.27. The van der Waals surface area contributed by atoms with Crippen molar-refractivity contribution in [2.24, 2.45) is 5.73 Å². The Labute approximate surface area is 125 Å². The summed E-state index contributed by atoms with van der Waals surface area (Å²) >= 11 is 1.61. The third-order valence-electron chi connectivity index (χ3n) is 3.75. The average Bonchev–Trinajstić information content (AvgIpc) is 2.86. The van der Waals surface area contributed by atoms with E-state index in [4.69, 9.17) is 5.73 Å². The Bertz CT molecular complexity index is 458. The molecule has 20 heavy (non-hydrogen) atoms. The van der Waals surface area contributed by atoms with Crippen molar-refractivity contribution in [2.45, 2.75) is 70.4 Å². The molecule has 1 heterocycles. The van der Waals surface area contributed by atoms with E-state index in [1.165, 1.54) is 19.3 Å². The number of primary amides is 1. The summed E-state index contributed by atoms with van der Waals surface area (Å²) in [6.07, 6.45) is 6.01. The molecule has 1 aromatic rings. The van der Waals surface area contributed by atoms with Gasteiger partial charge in [-0.15, -0.1) is 11.3 Å². The van der Waals surface area contributed by atoms with Crippen LogP contribution < -0.4 is 11.1 Å². The van der Waals surface area contributed by atoms with Crippen molar-refractivity contribution in [3.05, 3.63) is 16.1 Å². The van der Waals surface area contributed by atoms with Gasteiger partial charge in [-0.2, -0.15) is 0 Å². The molecule has 5 heteroatoms. The summed E-state index contributed by atoms with van der Waals surface area (Å²) in [7, 11) is 0. The molecule has 1 amide bonds. The molecule has 1 fully saturated rings. The molecule has 1 saturated carbocycles. The van der Waals surface area contributed by atoms with Gasteiger partial charge in [0.15, 0.2) is 0 Å². The number of carbonyl (C=O) groups excluding carboxylic acids is 1. The molecule has 0 bridgehead atoms. The van der Waals surface area contributed by atoms with E-state index >= 15 is 0 Å². The zero-order valence-corrected chi connectivity index (χ0v) is 13.4. The van der Waals surface area contributed by atoms with E-state index < -0.39 is 6.04 Å². The lowest BCUT2D eigenvalue weighted by atomic mass is 9.94. The van der Waals surface area contributed by atoms with Crippen LogP contribution in [0.4, 0.5) is 0 Å². The Morgan fingerprint density at radius 3 is 2.55 bits per heavy atom. The minimum atomic E-state index is -0.453. The van der Waals surface area contributed by atoms with Crippen LogP contribution >= 0.6 is 11.3 Å². The summed E-state index contributed by atoms with van der Waals surface area (Å²) in [6, 6.07) is -0.0634. The molecular weight excluding hydrogens is 270 g/mol. The number of carbonyl (C=O) groups is 1. The van der Waals surface area contributed by atoms with Gasteiger partial charge in [0, 0.05) is 16.8 Å². The average molecular weight is 295 g/mol. The van der Waals surface area contributed by atoms with Crippen molar-refractivity contribution in [3.8, 4) is 0 Å². The predicted octanol–water partition coefficient (Wildman–Crippen LogP) is 2.89. The molecule has 2 rings (SSSR count). The molecule has 0 radical (unpaired) electrons. The minimum Gasteiger partial charge on any atom is -0.368 e. The van der Waals surface area contributed by atoms with Gasteiger partial charge in [0.1, 0.15) is 6.04 Å². The Balaban J connectivity index is 2.11. The number of thiazole rings is 1. The fraction of sp³-hybridized carbons (Fsp3) is 0.733. The number of nitrogens with one attached hydrogen (secondary N) is 1. The highest BCUT2D eigenvalue weighted by Crippen LogP contribution is 2.28. The third-order valence-corrected chi connectivity index (χ3v) is 5.04. The lowest BCUT2D eigenvalue weighted by Crippen LogP contribution is -2.41. The molecule has 4 nitrogen and oxygen atoms in total. The van der Waals surface area contributed by atoms with E-state index in [-0.39, 0.29) is 11.3 Å². The van der Waals surface area contributed by atoms with Gasteiger partial charge >= 0.3 is 0 Å². The van der Waals surface area contributed by atoms with E-state index in [2.05, 4.69) is 31.1 Å². The van der Waals surface area contributed by atoms with Crippen molar-refractivity contribution in [1.29, 1.82) is 0 Å². The first-order valence-electron chi connectivity index (χ1n) is 7.39. The summed E-state index contributed by atoms with van der Waals surface area (Å²) < 4.78 is 0. The first-order chi connectivity index (χ1) is 9.38. The molecule has 0 aromatic carbocycles. The molecule has 1 aromatic heterocycles. The fourth-order valence-electron chi connectivity index (χ4n) is 2.58. The van der Waals surface area contributed by atoms with Crippen molar-refractivity contribution in [2.75, 3.05) is 0 Å². The highest BCUT2D eigenvalue weighted by molar-refractivity contribution is 7.09. The number of hydrogen-bond acceptors (Lipinski definition) is 4. The number of rotatable bonds is 4. The maximum absolute atomic E-state index is 11.8. The molecular formula is C15H25N3OS. The Kier molecular flexibility index (Phi) is 4.81. The highest BCUT2D eigenvalue weighted by Gasteiger charge is 2.27. The van der Waals surface area contributed by atoms with Crippen molar-refractivity contribution in [1.82, 2.24) is 10.3 Å². The zero-order chi connectivity index (χ0) is 14.8. The van der Waals surface area contributed by atoms with Gasteiger partial charge in [-0.05, 0) is 12.8 Å².